The Balaban J connectivity index is 1.97. The van der Waals surface area contributed by atoms with Gasteiger partial charge in [-0.3, -0.25) is 0 Å². The van der Waals surface area contributed by atoms with Crippen LogP contribution in [0.3, 0.4) is 0 Å². The molecule has 0 amide bonds. The molecule has 0 aromatic heterocycles. The summed E-state index contributed by atoms with van der Waals surface area (Å²) < 4.78 is 14.1. The van der Waals surface area contributed by atoms with Gasteiger partial charge in [0.05, 0.1) is 0 Å². The third-order valence-electron chi connectivity index (χ3n) is 3.82. The smallest absolute Gasteiger partial charge is 0.110 e. The average Bonchev–Trinajstić information content (AvgIpc) is 2.39. The number of alkyl halides is 1. The Bertz CT molecular complexity index is 238. The fourth-order valence-corrected chi connectivity index (χ4v) is 2.50. The van der Waals surface area contributed by atoms with Crippen LogP contribution in [0.1, 0.15) is 39.0 Å². The number of rotatable bonds is 10. The first-order chi connectivity index (χ1) is 9.14. The zero-order valence-corrected chi connectivity index (χ0v) is 12.4. The molecule has 0 aromatic carbocycles. The predicted octanol–water partition coefficient (Wildman–Crippen LogP) is 2.30. The lowest BCUT2D eigenvalue weighted by Crippen LogP contribution is -2.43. The number of unbranched alkanes of at least 4 members (excludes halogenated alkanes) is 2. The SMILES string of the molecule is C=CNCCC(C)(F)CCCCCN1CCNCC1. The van der Waals surface area contributed by atoms with E-state index in [1.807, 2.05) is 0 Å². The van der Waals surface area contributed by atoms with E-state index in [0.717, 1.165) is 39.0 Å². The first-order valence-corrected chi connectivity index (χ1v) is 7.60. The van der Waals surface area contributed by atoms with Gasteiger partial charge in [-0.05, 0) is 38.9 Å². The van der Waals surface area contributed by atoms with E-state index in [0.29, 0.717) is 19.4 Å². The van der Waals surface area contributed by atoms with Crippen molar-refractivity contribution in [1.82, 2.24) is 15.5 Å². The summed E-state index contributed by atoms with van der Waals surface area (Å²) in [6, 6.07) is 0. The summed E-state index contributed by atoms with van der Waals surface area (Å²) in [5, 5.41) is 6.32. The van der Waals surface area contributed by atoms with Gasteiger partial charge in [0, 0.05) is 32.7 Å². The Morgan fingerprint density at radius 3 is 2.68 bits per heavy atom. The normalized spacial score (nSPS) is 19.9. The van der Waals surface area contributed by atoms with Crippen molar-refractivity contribution in [3.05, 3.63) is 12.8 Å². The van der Waals surface area contributed by atoms with Crippen molar-refractivity contribution >= 4 is 0 Å². The summed E-state index contributed by atoms with van der Waals surface area (Å²) in [5.74, 6) is 0. The van der Waals surface area contributed by atoms with Crippen molar-refractivity contribution in [3.8, 4) is 0 Å². The molecule has 0 aliphatic carbocycles. The quantitative estimate of drug-likeness (QED) is 0.597. The van der Waals surface area contributed by atoms with Crippen LogP contribution in [0.2, 0.25) is 0 Å². The van der Waals surface area contributed by atoms with Crippen molar-refractivity contribution in [2.45, 2.75) is 44.7 Å². The minimum atomic E-state index is -1.04. The highest BCUT2D eigenvalue weighted by atomic mass is 19.1. The Morgan fingerprint density at radius 2 is 2.00 bits per heavy atom. The van der Waals surface area contributed by atoms with E-state index in [4.69, 9.17) is 0 Å². The molecule has 4 heteroatoms. The highest BCUT2D eigenvalue weighted by Gasteiger charge is 2.21. The van der Waals surface area contributed by atoms with E-state index in [-0.39, 0.29) is 0 Å². The number of hydrogen-bond acceptors (Lipinski definition) is 3. The third-order valence-corrected chi connectivity index (χ3v) is 3.82. The summed E-state index contributed by atoms with van der Waals surface area (Å²) in [7, 11) is 0. The fraction of sp³-hybridized carbons (Fsp3) is 0.867. The van der Waals surface area contributed by atoms with Crippen molar-refractivity contribution < 1.29 is 4.39 Å². The van der Waals surface area contributed by atoms with E-state index >= 15 is 0 Å². The molecule has 1 saturated heterocycles. The first kappa shape index (κ1) is 16.4. The van der Waals surface area contributed by atoms with Gasteiger partial charge in [0.1, 0.15) is 5.67 Å². The second-order valence-corrected chi connectivity index (χ2v) is 5.72. The molecule has 1 atom stereocenters. The molecule has 1 unspecified atom stereocenters. The summed E-state index contributed by atoms with van der Waals surface area (Å²) in [5.41, 5.74) is -1.04. The van der Waals surface area contributed by atoms with Crippen LogP contribution in [0.4, 0.5) is 4.39 Å². The molecule has 0 saturated carbocycles. The third kappa shape index (κ3) is 8.22. The molecule has 1 aliphatic heterocycles. The van der Waals surface area contributed by atoms with Gasteiger partial charge in [-0.1, -0.05) is 19.4 Å². The van der Waals surface area contributed by atoms with Crippen molar-refractivity contribution in [1.29, 1.82) is 0 Å². The van der Waals surface area contributed by atoms with Gasteiger partial charge >= 0.3 is 0 Å². The summed E-state index contributed by atoms with van der Waals surface area (Å²) in [4.78, 5) is 2.50. The van der Waals surface area contributed by atoms with E-state index in [1.54, 1.807) is 13.1 Å². The molecule has 0 aromatic rings. The van der Waals surface area contributed by atoms with Crippen LogP contribution in [0.5, 0.6) is 0 Å². The van der Waals surface area contributed by atoms with Crippen LogP contribution in [0, 0.1) is 0 Å². The number of halogens is 1. The van der Waals surface area contributed by atoms with E-state index in [1.165, 1.54) is 13.0 Å². The average molecular weight is 271 g/mol. The molecule has 0 bridgehead atoms. The van der Waals surface area contributed by atoms with Gasteiger partial charge in [-0.2, -0.15) is 0 Å². The van der Waals surface area contributed by atoms with Crippen molar-refractivity contribution in [2.75, 3.05) is 39.3 Å². The fourth-order valence-electron chi connectivity index (χ4n) is 2.50. The highest BCUT2D eigenvalue weighted by Crippen LogP contribution is 2.22. The Morgan fingerprint density at radius 1 is 1.26 bits per heavy atom. The minimum Gasteiger partial charge on any atom is -0.391 e. The summed E-state index contributed by atoms with van der Waals surface area (Å²) in [6.07, 6.45) is 6.19. The molecule has 0 spiro atoms. The lowest BCUT2D eigenvalue weighted by Gasteiger charge is -2.27. The molecule has 1 fully saturated rings. The van der Waals surface area contributed by atoms with Gasteiger partial charge in [0.2, 0.25) is 0 Å². The minimum absolute atomic E-state index is 0.566. The zero-order valence-electron chi connectivity index (χ0n) is 12.4. The van der Waals surface area contributed by atoms with Crippen LogP contribution in [0.25, 0.3) is 0 Å². The zero-order chi connectivity index (χ0) is 14.0. The van der Waals surface area contributed by atoms with Crippen LogP contribution in [-0.2, 0) is 0 Å². The largest absolute Gasteiger partial charge is 0.391 e. The van der Waals surface area contributed by atoms with Gasteiger partial charge in [0.25, 0.3) is 0 Å². The summed E-state index contributed by atoms with van der Waals surface area (Å²) in [6.45, 7) is 11.7. The first-order valence-electron chi connectivity index (χ1n) is 7.60. The molecule has 3 nitrogen and oxygen atoms in total. The second kappa shape index (κ2) is 9.32. The highest BCUT2D eigenvalue weighted by molar-refractivity contribution is 4.76. The van der Waals surface area contributed by atoms with Crippen molar-refractivity contribution in [2.24, 2.45) is 0 Å². The van der Waals surface area contributed by atoms with Gasteiger partial charge in [0.15, 0.2) is 0 Å². The topological polar surface area (TPSA) is 27.3 Å². The van der Waals surface area contributed by atoms with Crippen LogP contribution in [-0.4, -0.2) is 49.8 Å². The maximum atomic E-state index is 14.1. The number of nitrogens with zero attached hydrogens (tertiary/aromatic N) is 1. The molecular weight excluding hydrogens is 241 g/mol. The lowest BCUT2D eigenvalue weighted by atomic mass is 9.96. The van der Waals surface area contributed by atoms with Gasteiger partial charge < -0.3 is 15.5 Å². The molecule has 0 radical (unpaired) electrons. The van der Waals surface area contributed by atoms with Gasteiger partial charge in [-0.15, -0.1) is 0 Å². The van der Waals surface area contributed by atoms with Crippen molar-refractivity contribution in [3.63, 3.8) is 0 Å². The van der Waals surface area contributed by atoms with Crippen LogP contribution < -0.4 is 10.6 Å². The second-order valence-electron chi connectivity index (χ2n) is 5.72. The molecule has 112 valence electrons. The van der Waals surface area contributed by atoms with E-state index in [2.05, 4.69) is 22.1 Å². The molecule has 1 aliphatic rings. The van der Waals surface area contributed by atoms with E-state index < -0.39 is 5.67 Å². The molecular formula is C15H30FN3. The maximum absolute atomic E-state index is 14.1. The Labute approximate surface area is 117 Å². The lowest BCUT2D eigenvalue weighted by molar-refractivity contribution is 0.156. The number of piperazine rings is 1. The van der Waals surface area contributed by atoms with Crippen LogP contribution >= 0.6 is 0 Å². The molecule has 1 heterocycles. The predicted molar refractivity (Wildman–Crippen MR) is 80.1 cm³/mol. The molecule has 1 rings (SSSR count). The number of hydrogen-bond donors (Lipinski definition) is 2. The number of nitrogens with one attached hydrogen (secondary N) is 2. The van der Waals surface area contributed by atoms with E-state index in [9.17, 15) is 4.39 Å². The maximum Gasteiger partial charge on any atom is 0.110 e. The monoisotopic (exact) mass is 271 g/mol. The Kier molecular flexibility index (Phi) is 8.07. The molecule has 19 heavy (non-hydrogen) atoms. The molecule has 2 N–H and O–H groups in total. The Hall–Kier alpha value is -0.610. The standard InChI is InChI=1S/C15H30FN3/c1-3-17-9-8-15(2,16)7-5-4-6-12-19-13-10-18-11-14-19/h3,17-18H,1,4-14H2,2H3. The summed E-state index contributed by atoms with van der Waals surface area (Å²) >= 11 is 0. The van der Waals surface area contributed by atoms with Crippen LogP contribution in [0.15, 0.2) is 12.8 Å². The van der Waals surface area contributed by atoms with Gasteiger partial charge in [-0.25, -0.2) is 4.39 Å².